The van der Waals surface area contributed by atoms with Crippen molar-refractivity contribution < 1.29 is 0 Å². The molecular formula is C14H28N2. The van der Waals surface area contributed by atoms with E-state index in [4.69, 9.17) is 11.5 Å². The van der Waals surface area contributed by atoms with E-state index in [2.05, 4.69) is 0 Å². The molecule has 0 saturated heterocycles. The zero-order valence-electron chi connectivity index (χ0n) is 10.5. The topological polar surface area (TPSA) is 52.0 Å². The monoisotopic (exact) mass is 224 g/mol. The van der Waals surface area contributed by atoms with Gasteiger partial charge in [0.25, 0.3) is 0 Å². The van der Waals surface area contributed by atoms with Gasteiger partial charge in [0.2, 0.25) is 0 Å². The molecule has 2 heteroatoms. The first-order chi connectivity index (χ1) is 7.74. The Labute approximate surface area is 100 Å². The maximum absolute atomic E-state index is 6.04. The van der Waals surface area contributed by atoms with Crippen LogP contribution in [-0.2, 0) is 0 Å². The minimum atomic E-state index is 0.499. The Bertz CT molecular complexity index is 197. The van der Waals surface area contributed by atoms with E-state index in [1.54, 1.807) is 0 Å². The Morgan fingerprint density at radius 3 is 2.06 bits per heavy atom. The van der Waals surface area contributed by atoms with Crippen LogP contribution in [0.5, 0.6) is 0 Å². The van der Waals surface area contributed by atoms with Crippen molar-refractivity contribution in [2.24, 2.45) is 23.3 Å². The lowest BCUT2D eigenvalue weighted by Gasteiger charge is -2.30. The lowest BCUT2D eigenvalue weighted by atomic mass is 9.78. The minimum Gasteiger partial charge on any atom is -0.328 e. The Hall–Kier alpha value is -0.0800. The minimum absolute atomic E-state index is 0.499. The summed E-state index contributed by atoms with van der Waals surface area (Å²) in [6.07, 6.45) is 13.5. The second-order valence-corrected chi connectivity index (χ2v) is 6.15. The van der Waals surface area contributed by atoms with Crippen molar-refractivity contribution in [2.75, 3.05) is 0 Å². The smallest absolute Gasteiger partial charge is 0.00414 e. The Balaban J connectivity index is 1.63. The van der Waals surface area contributed by atoms with Gasteiger partial charge in [-0.05, 0) is 50.4 Å². The zero-order valence-corrected chi connectivity index (χ0v) is 10.5. The van der Waals surface area contributed by atoms with Crippen LogP contribution in [0.3, 0.4) is 0 Å². The Kier molecular flexibility index (Phi) is 4.66. The molecule has 2 saturated carbocycles. The Morgan fingerprint density at radius 1 is 0.688 bits per heavy atom. The van der Waals surface area contributed by atoms with Crippen LogP contribution in [0.4, 0.5) is 0 Å². The molecule has 0 bridgehead atoms. The predicted molar refractivity (Wildman–Crippen MR) is 69.1 cm³/mol. The lowest BCUT2D eigenvalue weighted by Crippen LogP contribution is -2.29. The summed E-state index contributed by atoms with van der Waals surface area (Å²) < 4.78 is 0. The Morgan fingerprint density at radius 2 is 1.38 bits per heavy atom. The third kappa shape index (κ3) is 3.74. The van der Waals surface area contributed by atoms with E-state index in [9.17, 15) is 0 Å². The molecule has 2 aliphatic carbocycles. The molecule has 0 aliphatic heterocycles. The fraction of sp³-hybridized carbons (Fsp3) is 1.00. The molecule has 0 aromatic carbocycles. The highest BCUT2D eigenvalue weighted by Crippen LogP contribution is 2.32. The maximum Gasteiger partial charge on any atom is 0.00414 e. The number of hydrogen-bond acceptors (Lipinski definition) is 2. The van der Waals surface area contributed by atoms with Gasteiger partial charge in [-0.15, -0.1) is 0 Å². The van der Waals surface area contributed by atoms with E-state index < -0.39 is 0 Å². The van der Waals surface area contributed by atoms with Gasteiger partial charge in [-0.25, -0.2) is 0 Å². The molecule has 1 unspecified atom stereocenters. The predicted octanol–water partition coefficient (Wildman–Crippen LogP) is 2.80. The third-order valence-corrected chi connectivity index (χ3v) is 4.70. The summed E-state index contributed by atoms with van der Waals surface area (Å²) in [4.78, 5) is 0. The molecule has 0 aromatic heterocycles. The van der Waals surface area contributed by atoms with Gasteiger partial charge in [0, 0.05) is 12.1 Å². The van der Waals surface area contributed by atoms with E-state index in [-0.39, 0.29) is 0 Å². The normalized spacial score (nSPS) is 40.9. The van der Waals surface area contributed by atoms with Crippen molar-refractivity contribution >= 4 is 0 Å². The molecule has 0 radical (unpaired) electrons. The molecule has 16 heavy (non-hydrogen) atoms. The highest BCUT2D eigenvalue weighted by molar-refractivity contribution is 4.78. The first-order valence-corrected chi connectivity index (χ1v) is 7.25. The molecule has 0 aromatic rings. The summed E-state index contributed by atoms with van der Waals surface area (Å²) in [6.45, 7) is 0. The molecule has 94 valence electrons. The second-order valence-electron chi connectivity index (χ2n) is 6.15. The fourth-order valence-corrected chi connectivity index (χ4v) is 3.54. The molecule has 0 spiro atoms. The van der Waals surface area contributed by atoms with Gasteiger partial charge in [0.15, 0.2) is 0 Å². The maximum atomic E-state index is 6.04. The van der Waals surface area contributed by atoms with Crippen molar-refractivity contribution in [3.63, 3.8) is 0 Å². The average Bonchev–Trinajstić information content (AvgIpc) is 2.28. The molecule has 2 fully saturated rings. The number of hydrogen-bond donors (Lipinski definition) is 2. The standard InChI is InChI=1S/C14H28N2/c15-13-8-6-11(7-9-13)4-5-12-2-1-3-14(16)10-12/h11-14H,1-10,15-16H2/t11?,12?,13?,14-/m0/s1. The fourth-order valence-electron chi connectivity index (χ4n) is 3.54. The first-order valence-electron chi connectivity index (χ1n) is 7.25. The van der Waals surface area contributed by atoms with E-state index in [0.717, 1.165) is 11.8 Å². The van der Waals surface area contributed by atoms with Crippen LogP contribution in [-0.4, -0.2) is 12.1 Å². The molecule has 0 amide bonds. The van der Waals surface area contributed by atoms with Gasteiger partial charge < -0.3 is 11.5 Å². The highest BCUT2D eigenvalue weighted by atomic mass is 14.6. The quantitative estimate of drug-likeness (QED) is 0.774. The number of rotatable bonds is 3. The molecular weight excluding hydrogens is 196 g/mol. The van der Waals surface area contributed by atoms with E-state index in [1.807, 2.05) is 0 Å². The third-order valence-electron chi connectivity index (χ3n) is 4.70. The zero-order chi connectivity index (χ0) is 11.4. The molecule has 2 atom stereocenters. The van der Waals surface area contributed by atoms with Crippen LogP contribution >= 0.6 is 0 Å². The molecule has 4 N–H and O–H groups in total. The van der Waals surface area contributed by atoms with Gasteiger partial charge in [0.05, 0.1) is 0 Å². The molecule has 2 nitrogen and oxygen atoms in total. The second kappa shape index (κ2) is 6.02. The average molecular weight is 224 g/mol. The largest absolute Gasteiger partial charge is 0.328 e. The van der Waals surface area contributed by atoms with Crippen LogP contribution in [0.1, 0.15) is 64.2 Å². The highest BCUT2D eigenvalue weighted by Gasteiger charge is 2.22. The van der Waals surface area contributed by atoms with Gasteiger partial charge >= 0.3 is 0 Å². The van der Waals surface area contributed by atoms with Crippen molar-refractivity contribution in [3.05, 3.63) is 0 Å². The van der Waals surface area contributed by atoms with E-state index >= 15 is 0 Å². The van der Waals surface area contributed by atoms with Crippen molar-refractivity contribution in [2.45, 2.75) is 76.3 Å². The van der Waals surface area contributed by atoms with Crippen LogP contribution in [0.15, 0.2) is 0 Å². The van der Waals surface area contributed by atoms with Gasteiger partial charge in [0.1, 0.15) is 0 Å². The lowest BCUT2D eigenvalue weighted by molar-refractivity contribution is 0.251. The number of nitrogens with two attached hydrogens (primary N) is 2. The summed E-state index contributed by atoms with van der Waals surface area (Å²) in [5.41, 5.74) is 12.0. The van der Waals surface area contributed by atoms with E-state index in [1.165, 1.54) is 64.2 Å². The summed E-state index contributed by atoms with van der Waals surface area (Å²) in [6, 6.07) is 0.998. The van der Waals surface area contributed by atoms with Crippen molar-refractivity contribution in [1.29, 1.82) is 0 Å². The van der Waals surface area contributed by atoms with Crippen molar-refractivity contribution in [1.82, 2.24) is 0 Å². The molecule has 0 heterocycles. The first kappa shape index (κ1) is 12.4. The van der Waals surface area contributed by atoms with E-state index in [0.29, 0.717) is 12.1 Å². The van der Waals surface area contributed by atoms with Gasteiger partial charge in [-0.2, -0.15) is 0 Å². The summed E-state index contributed by atoms with van der Waals surface area (Å²) in [5, 5.41) is 0. The van der Waals surface area contributed by atoms with Gasteiger partial charge in [-0.1, -0.05) is 25.7 Å². The SMILES string of the molecule is NC1CCC(CCC2CCC[C@H](N)C2)CC1. The van der Waals surface area contributed by atoms with Crippen LogP contribution in [0.2, 0.25) is 0 Å². The van der Waals surface area contributed by atoms with Gasteiger partial charge in [-0.3, -0.25) is 0 Å². The van der Waals surface area contributed by atoms with Crippen LogP contribution in [0, 0.1) is 11.8 Å². The summed E-state index contributed by atoms with van der Waals surface area (Å²) in [7, 11) is 0. The summed E-state index contributed by atoms with van der Waals surface area (Å²) >= 11 is 0. The van der Waals surface area contributed by atoms with Crippen LogP contribution in [0.25, 0.3) is 0 Å². The molecule has 2 aliphatic rings. The summed E-state index contributed by atoms with van der Waals surface area (Å²) in [5.74, 6) is 1.90. The van der Waals surface area contributed by atoms with Crippen LogP contribution < -0.4 is 11.5 Å². The molecule has 2 rings (SSSR count). The van der Waals surface area contributed by atoms with Crippen molar-refractivity contribution in [3.8, 4) is 0 Å².